The Morgan fingerprint density at radius 1 is 0.377 bits per heavy atom. The monoisotopic (exact) mass is 675 g/mol. The van der Waals surface area contributed by atoms with Gasteiger partial charge in [-0.25, -0.2) is 0 Å². The average Bonchev–Trinajstić information content (AvgIpc) is 3.53. The van der Waals surface area contributed by atoms with Gasteiger partial charge in [-0.2, -0.15) is 0 Å². The number of hydrogen-bond donors (Lipinski definition) is 0. The molecule has 0 spiro atoms. The lowest BCUT2D eigenvalue weighted by Crippen LogP contribution is -2.28. The van der Waals surface area contributed by atoms with Crippen molar-refractivity contribution < 1.29 is 0 Å². The van der Waals surface area contributed by atoms with E-state index in [4.69, 9.17) is 0 Å². The maximum atomic E-state index is 2.48. The smallest absolute Gasteiger partial charge is 0.0714 e. The van der Waals surface area contributed by atoms with Crippen molar-refractivity contribution in [1.82, 2.24) is 0 Å². The van der Waals surface area contributed by atoms with Crippen molar-refractivity contribution >= 4 is 38.6 Å². The lowest BCUT2D eigenvalue weighted by molar-refractivity contribution is 0.768. The first kappa shape index (κ1) is 31.1. The second-order valence-corrected chi connectivity index (χ2v) is 14.2. The van der Waals surface area contributed by atoms with Crippen LogP contribution in [0.15, 0.2) is 206 Å². The Balaban J connectivity index is 1.31. The number of nitrogens with zero attached hydrogens (tertiary/aromatic N) is 1. The summed E-state index contributed by atoms with van der Waals surface area (Å²) < 4.78 is 0. The highest BCUT2D eigenvalue weighted by Gasteiger charge is 2.46. The quantitative estimate of drug-likeness (QED) is 0.170. The molecule has 0 aliphatic heterocycles. The molecule has 0 bridgehead atoms. The van der Waals surface area contributed by atoms with Gasteiger partial charge in [0.2, 0.25) is 0 Å². The minimum absolute atomic E-state index is 0.504. The molecule has 250 valence electrons. The Bertz CT molecular complexity index is 2740. The van der Waals surface area contributed by atoms with Gasteiger partial charge < -0.3 is 4.90 Å². The molecule has 0 unspecified atom stereocenters. The van der Waals surface area contributed by atoms with Crippen LogP contribution in [0.2, 0.25) is 0 Å². The van der Waals surface area contributed by atoms with Gasteiger partial charge >= 0.3 is 0 Å². The van der Waals surface area contributed by atoms with E-state index in [1.165, 1.54) is 71.6 Å². The van der Waals surface area contributed by atoms with Gasteiger partial charge in [0.15, 0.2) is 0 Å². The zero-order valence-corrected chi connectivity index (χ0v) is 29.6. The SMILES string of the molecule is Cc1cccc2c1-c1ccc(N(c3ccc4ccccc4c3)c3cc4ccccc4cc3-c3ccccc3)cc1C2(c1ccccc1)c1ccccc1. The van der Waals surface area contributed by atoms with Crippen LogP contribution in [0.4, 0.5) is 17.1 Å². The van der Waals surface area contributed by atoms with Crippen molar-refractivity contribution in [1.29, 1.82) is 0 Å². The molecule has 0 saturated carbocycles. The molecule has 9 aromatic rings. The van der Waals surface area contributed by atoms with Gasteiger partial charge in [0.1, 0.15) is 0 Å². The molecule has 0 saturated heterocycles. The van der Waals surface area contributed by atoms with Gasteiger partial charge in [0.05, 0.1) is 11.1 Å². The van der Waals surface area contributed by atoms with E-state index in [9.17, 15) is 0 Å². The van der Waals surface area contributed by atoms with Crippen molar-refractivity contribution in [3.05, 3.63) is 234 Å². The summed E-state index contributed by atoms with van der Waals surface area (Å²) in [6.07, 6.45) is 0. The molecule has 53 heavy (non-hydrogen) atoms. The molecule has 9 aromatic carbocycles. The molecule has 10 rings (SSSR count). The Labute approximate surface area is 311 Å². The highest BCUT2D eigenvalue weighted by molar-refractivity contribution is 6.00. The number of benzene rings is 9. The Morgan fingerprint density at radius 3 is 1.60 bits per heavy atom. The molecule has 0 radical (unpaired) electrons. The van der Waals surface area contributed by atoms with E-state index in [2.05, 4.69) is 218 Å². The summed E-state index contributed by atoms with van der Waals surface area (Å²) in [6, 6.07) is 76.0. The van der Waals surface area contributed by atoms with Crippen LogP contribution in [0, 0.1) is 6.92 Å². The molecule has 0 atom stereocenters. The maximum Gasteiger partial charge on any atom is 0.0714 e. The molecule has 0 heterocycles. The summed E-state index contributed by atoms with van der Waals surface area (Å²) in [7, 11) is 0. The van der Waals surface area contributed by atoms with Crippen molar-refractivity contribution in [3.63, 3.8) is 0 Å². The zero-order chi connectivity index (χ0) is 35.4. The van der Waals surface area contributed by atoms with Crippen LogP contribution >= 0.6 is 0 Å². The molecule has 1 heteroatoms. The van der Waals surface area contributed by atoms with E-state index in [0.29, 0.717) is 0 Å². The number of rotatable bonds is 6. The summed E-state index contributed by atoms with van der Waals surface area (Å²) in [4.78, 5) is 2.48. The van der Waals surface area contributed by atoms with Crippen molar-refractivity contribution in [2.45, 2.75) is 12.3 Å². The maximum absolute atomic E-state index is 2.48. The fourth-order valence-electron chi connectivity index (χ4n) is 8.85. The number of hydrogen-bond acceptors (Lipinski definition) is 1. The van der Waals surface area contributed by atoms with Crippen LogP contribution in [0.5, 0.6) is 0 Å². The second kappa shape index (κ2) is 12.5. The first-order valence-corrected chi connectivity index (χ1v) is 18.4. The first-order chi connectivity index (χ1) is 26.2. The average molecular weight is 676 g/mol. The van der Waals surface area contributed by atoms with E-state index in [-0.39, 0.29) is 0 Å². The van der Waals surface area contributed by atoms with Gasteiger partial charge in [0.25, 0.3) is 0 Å². The Morgan fingerprint density at radius 2 is 0.925 bits per heavy atom. The fraction of sp³-hybridized carbons (Fsp3) is 0.0385. The Hall–Kier alpha value is -6.70. The molecule has 1 aliphatic rings. The third-order valence-corrected chi connectivity index (χ3v) is 11.2. The molecule has 0 fully saturated rings. The lowest BCUT2D eigenvalue weighted by atomic mass is 9.67. The predicted molar refractivity (Wildman–Crippen MR) is 224 cm³/mol. The molecule has 1 aliphatic carbocycles. The van der Waals surface area contributed by atoms with Crippen LogP contribution in [0.25, 0.3) is 43.8 Å². The van der Waals surface area contributed by atoms with Crippen LogP contribution in [-0.2, 0) is 5.41 Å². The van der Waals surface area contributed by atoms with Crippen LogP contribution in [0.1, 0.15) is 27.8 Å². The first-order valence-electron chi connectivity index (χ1n) is 18.4. The van der Waals surface area contributed by atoms with E-state index in [0.717, 1.165) is 17.1 Å². The van der Waals surface area contributed by atoms with Crippen molar-refractivity contribution in [3.8, 4) is 22.3 Å². The van der Waals surface area contributed by atoms with E-state index in [1.807, 2.05) is 0 Å². The Kier molecular flexibility index (Phi) is 7.33. The van der Waals surface area contributed by atoms with E-state index >= 15 is 0 Å². The highest BCUT2D eigenvalue weighted by atomic mass is 15.1. The largest absolute Gasteiger partial charge is 0.310 e. The van der Waals surface area contributed by atoms with Crippen LogP contribution < -0.4 is 4.90 Å². The third-order valence-electron chi connectivity index (χ3n) is 11.2. The standard InChI is InChI=1S/C52H37N/c1-36-16-15-27-48-51(36)46-31-30-45(35-49(46)52(48,42-23-7-3-8-24-42)43-25-9-4-10-26-43)53(44-29-28-37-17-11-12-20-39(37)32-44)50-34-41-22-14-13-21-40(41)33-47(50)38-18-5-2-6-19-38/h2-35H,1H3. The van der Waals surface area contributed by atoms with Crippen molar-refractivity contribution in [2.75, 3.05) is 4.90 Å². The summed E-state index contributed by atoms with van der Waals surface area (Å²) in [5, 5.41) is 4.87. The normalized spacial score (nSPS) is 12.8. The van der Waals surface area contributed by atoms with Gasteiger partial charge in [-0.3, -0.25) is 0 Å². The summed E-state index contributed by atoms with van der Waals surface area (Å²) in [5.41, 5.74) is 14.3. The van der Waals surface area contributed by atoms with Crippen molar-refractivity contribution in [2.24, 2.45) is 0 Å². The topological polar surface area (TPSA) is 3.24 Å². The number of fused-ring (bicyclic) bond motifs is 5. The minimum Gasteiger partial charge on any atom is -0.310 e. The molecule has 1 nitrogen and oxygen atoms in total. The van der Waals surface area contributed by atoms with Crippen LogP contribution in [-0.4, -0.2) is 0 Å². The summed E-state index contributed by atoms with van der Waals surface area (Å²) in [5.74, 6) is 0. The zero-order valence-electron chi connectivity index (χ0n) is 29.6. The third kappa shape index (κ3) is 4.93. The molecular weight excluding hydrogens is 639 g/mol. The number of anilines is 3. The fourth-order valence-corrected chi connectivity index (χ4v) is 8.85. The molecule has 0 aromatic heterocycles. The summed E-state index contributed by atoms with van der Waals surface area (Å²) >= 11 is 0. The van der Waals surface area contributed by atoms with Gasteiger partial charge in [-0.05, 0) is 109 Å². The lowest BCUT2D eigenvalue weighted by Gasteiger charge is -2.35. The van der Waals surface area contributed by atoms with E-state index < -0.39 is 5.41 Å². The summed E-state index contributed by atoms with van der Waals surface area (Å²) in [6.45, 7) is 2.26. The highest BCUT2D eigenvalue weighted by Crippen LogP contribution is 2.58. The second-order valence-electron chi connectivity index (χ2n) is 14.2. The minimum atomic E-state index is -0.504. The van der Waals surface area contributed by atoms with Gasteiger partial charge in [0, 0.05) is 16.9 Å². The number of aryl methyl sites for hydroxylation is 1. The molecule has 0 N–H and O–H groups in total. The molecular formula is C52H37N. The molecule has 0 amide bonds. The van der Waals surface area contributed by atoms with Crippen LogP contribution in [0.3, 0.4) is 0 Å². The van der Waals surface area contributed by atoms with Gasteiger partial charge in [-0.15, -0.1) is 0 Å². The van der Waals surface area contributed by atoms with E-state index in [1.54, 1.807) is 0 Å². The van der Waals surface area contributed by atoms with Gasteiger partial charge in [-0.1, -0.05) is 170 Å². The predicted octanol–water partition coefficient (Wildman–Crippen LogP) is 13.8.